The molecule has 0 saturated heterocycles. The second-order valence-corrected chi connectivity index (χ2v) is 6.95. The van der Waals surface area contributed by atoms with Gasteiger partial charge in [-0.2, -0.15) is 5.10 Å². The first-order chi connectivity index (χ1) is 13.6. The highest BCUT2D eigenvalue weighted by Gasteiger charge is 2.21. The molecule has 0 spiro atoms. The van der Waals surface area contributed by atoms with Crippen LogP contribution >= 0.6 is 11.8 Å². The topological polar surface area (TPSA) is 86.1 Å². The number of carbonyl (C=O) groups excluding carboxylic acids is 2. The lowest BCUT2D eigenvalue weighted by Crippen LogP contribution is -2.16. The summed E-state index contributed by atoms with van der Waals surface area (Å²) >= 11 is 1.31. The van der Waals surface area contributed by atoms with Gasteiger partial charge in [0, 0.05) is 6.20 Å². The molecule has 2 aromatic heterocycles. The molecule has 2 heterocycles. The summed E-state index contributed by atoms with van der Waals surface area (Å²) in [7, 11) is 1.28. The van der Waals surface area contributed by atoms with Crippen molar-refractivity contribution in [2.45, 2.75) is 18.0 Å². The Hall–Kier alpha value is -3.13. The summed E-state index contributed by atoms with van der Waals surface area (Å²) in [6, 6.07) is 15.2. The SMILES string of the molecule is COC(=O)c1nn(C(C)c2ccccc2)cc1NC(=O)CSc1ccccn1. The lowest BCUT2D eigenvalue weighted by molar-refractivity contribution is -0.113. The molecule has 28 heavy (non-hydrogen) atoms. The van der Waals surface area contributed by atoms with Gasteiger partial charge in [-0.05, 0) is 24.6 Å². The third kappa shape index (κ3) is 4.77. The number of esters is 1. The molecular weight excluding hydrogens is 376 g/mol. The molecule has 0 aliphatic carbocycles. The third-order valence-electron chi connectivity index (χ3n) is 4.05. The van der Waals surface area contributed by atoms with Gasteiger partial charge in [0.05, 0.1) is 35.8 Å². The van der Waals surface area contributed by atoms with E-state index in [2.05, 4.69) is 15.4 Å². The summed E-state index contributed by atoms with van der Waals surface area (Å²) < 4.78 is 6.45. The number of carbonyl (C=O) groups is 2. The van der Waals surface area contributed by atoms with E-state index in [-0.39, 0.29) is 23.4 Å². The Kier molecular flexibility index (Phi) is 6.44. The maximum Gasteiger partial charge on any atom is 0.360 e. The number of amides is 1. The maximum atomic E-state index is 12.3. The summed E-state index contributed by atoms with van der Waals surface area (Å²) in [5.41, 5.74) is 1.42. The number of benzene rings is 1. The second-order valence-electron chi connectivity index (χ2n) is 5.95. The first-order valence-corrected chi connectivity index (χ1v) is 9.63. The minimum atomic E-state index is -0.605. The standard InChI is InChI=1S/C20H20N4O3S/c1-14(15-8-4-3-5-9-15)24-12-16(19(23-24)20(26)27-2)22-17(25)13-28-18-10-6-7-11-21-18/h3-12,14H,13H2,1-2H3,(H,22,25). The molecule has 1 atom stereocenters. The normalized spacial score (nSPS) is 11.6. The largest absolute Gasteiger partial charge is 0.464 e. The molecule has 7 nitrogen and oxygen atoms in total. The van der Waals surface area contributed by atoms with E-state index in [0.29, 0.717) is 5.69 Å². The number of rotatable bonds is 7. The number of aromatic nitrogens is 3. The molecule has 3 aromatic rings. The highest BCUT2D eigenvalue weighted by atomic mass is 32.2. The summed E-state index contributed by atoms with van der Waals surface area (Å²) in [6.45, 7) is 1.96. The lowest BCUT2D eigenvalue weighted by atomic mass is 10.1. The molecule has 8 heteroatoms. The quantitative estimate of drug-likeness (QED) is 0.487. The van der Waals surface area contributed by atoms with Crippen molar-refractivity contribution in [2.24, 2.45) is 0 Å². The number of thioether (sulfide) groups is 1. The molecular formula is C20H20N4O3S. The second kappa shape index (κ2) is 9.18. The fraction of sp³-hybridized carbons (Fsp3) is 0.200. The highest BCUT2D eigenvalue weighted by molar-refractivity contribution is 7.99. The molecule has 0 saturated carbocycles. The van der Waals surface area contributed by atoms with Crippen molar-refractivity contribution < 1.29 is 14.3 Å². The zero-order chi connectivity index (χ0) is 19.9. The van der Waals surface area contributed by atoms with E-state index in [0.717, 1.165) is 10.6 Å². The Balaban J connectivity index is 1.76. The van der Waals surface area contributed by atoms with Crippen LogP contribution in [0.2, 0.25) is 0 Å². The van der Waals surface area contributed by atoms with E-state index in [9.17, 15) is 9.59 Å². The summed E-state index contributed by atoms with van der Waals surface area (Å²) in [4.78, 5) is 28.6. The van der Waals surface area contributed by atoms with Gasteiger partial charge in [-0.1, -0.05) is 48.2 Å². The minimum absolute atomic E-state index is 0.0708. The number of nitrogens with one attached hydrogen (secondary N) is 1. The van der Waals surface area contributed by atoms with E-state index in [1.807, 2.05) is 55.5 Å². The van der Waals surface area contributed by atoms with Crippen LogP contribution in [0.25, 0.3) is 0 Å². The highest BCUT2D eigenvalue weighted by Crippen LogP contribution is 2.23. The van der Waals surface area contributed by atoms with E-state index in [1.54, 1.807) is 17.1 Å². The fourth-order valence-electron chi connectivity index (χ4n) is 2.57. The number of nitrogens with zero attached hydrogens (tertiary/aromatic N) is 3. The Morgan fingerprint density at radius 1 is 1.18 bits per heavy atom. The number of hydrogen-bond acceptors (Lipinski definition) is 6. The summed E-state index contributed by atoms with van der Waals surface area (Å²) in [5, 5.41) is 7.84. The first-order valence-electron chi connectivity index (χ1n) is 8.64. The third-order valence-corrected chi connectivity index (χ3v) is 5.00. The van der Waals surface area contributed by atoms with E-state index < -0.39 is 5.97 Å². The first kappa shape index (κ1) is 19.6. The molecule has 1 unspecified atom stereocenters. The van der Waals surface area contributed by atoms with Gasteiger partial charge in [0.1, 0.15) is 0 Å². The van der Waals surface area contributed by atoms with Crippen LogP contribution in [0.15, 0.2) is 66.0 Å². The van der Waals surface area contributed by atoms with Gasteiger partial charge in [-0.25, -0.2) is 9.78 Å². The molecule has 0 aliphatic rings. The minimum Gasteiger partial charge on any atom is -0.464 e. The van der Waals surface area contributed by atoms with Crippen molar-refractivity contribution in [3.05, 3.63) is 72.2 Å². The number of pyridine rings is 1. The van der Waals surface area contributed by atoms with Crippen molar-refractivity contribution in [3.63, 3.8) is 0 Å². The maximum absolute atomic E-state index is 12.3. The predicted molar refractivity (Wildman–Crippen MR) is 107 cm³/mol. The monoisotopic (exact) mass is 396 g/mol. The van der Waals surface area contributed by atoms with Gasteiger partial charge >= 0.3 is 5.97 Å². The van der Waals surface area contributed by atoms with Crippen LogP contribution in [0.1, 0.15) is 29.0 Å². The van der Waals surface area contributed by atoms with Crippen molar-refractivity contribution in [3.8, 4) is 0 Å². The number of methoxy groups -OCH3 is 1. The van der Waals surface area contributed by atoms with Crippen molar-refractivity contribution in [1.29, 1.82) is 0 Å². The molecule has 0 radical (unpaired) electrons. The van der Waals surface area contributed by atoms with Crippen LogP contribution in [0.4, 0.5) is 5.69 Å². The van der Waals surface area contributed by atoms with Crippen molar-refractivity contribution >= 4 is 29.3 Å². The van der Waals surface area contributed by atoms with Gasteiger partial charge < -0.3 is 10.1 Å². The van der Waals surface area contributed by atoms with Crippen molar-refractivity contribution in [2.75, 3.05) is 18.2 Å². The van der Waals surface area contributed by atoms with Gasteiger partial charge in [-0.15, -0.1) is 0 Å². The molecule has 0 fully saturated rings. The van der Waals surface area contributed by atoms with Crippen LogP contribution in [-0.4, -0.2) is 39.5 Å². The van der Waals surface area contributed by atoms with Crippen molar-refractivity contribution in [1.82, 2.24) is 14.8 Å². The number of ether oxygens (including phenoxy) is 1. The number of anilines is 1. The van der Waals surface area contributed by atoms with Crippen LogP contribution < -0.4 is 5.32 Å². The van der Waals surface area contributed by atoms with Crippen LogP contribution in [-0.2, 0) is 9.53 Å². The number of hydrogen-bond donors (Lipinski definition) is 1. The Labute approximate surface area is 167 Å². The van der Waals surface area contributed by atoms with E-state index >= 15 is 0 Å². The molecule has 3 rings (SSSR count). The van der Waals surface area contributed by atoms with Gasteiger partial charge in [0.25, 0.3) is 0 Å². The molecule has 1 N–H and O–H groups in total. The van der Waals surface area contributed by atoms with E-state index in [1.165, 1.54) is 18.9 Å². The fourth-order valence-corrected chi connectivity index (χ4v) is 3.23. The zero-order valence-electron chi connectivity index (χ0n) is 15.5. The average Bonchev–Trinajstić information content (AvgIpc) is 3.16. The summed E-state index contributed by atoms with van der Waals surface area (Å²) in [6.07, 6.45) is 3.32. The van der Waals surface area contributed by atoms with Crippen LogP contribution in [0.3, 0.4) is 0 Å². The average molecular weight is 396 g/mol. The van der Waals surface area contributed by atoms with Gasteiger partial charge in [-0.3, -0.25) is 9.48 Å². The summed E-state index contributed by atoms with van der Waals surface area (Å²) in [5.74, 6) is -0.698. The van der Waals surface area contributed by atoms with Crippen LogP contribution in [0, 0.1) is 0 Å². The molecule has 0 aliphatic heterocycles. The van der Waals surface area contributed by atoms with E-state index in [4.69, 9.17) is 4.74 Å². The van der Waals surface area contributed by atoms with Gasteiger partial charge in [0.2, 0.25) is 5.91 Å². The molecule has 1 amide bonds. The predicted octanol–water partition coefficient (Wildman–Crippen LogP) is 3.40. The van der Waals surface area contributed by atoms with Gasteiger partial charge in [0.15, 0.2) is 5.69 Å². The Bertz CT molecular complexity index is 945. The van der Waals surface area contributed by atoms with Crippen LogP contribution in [0.5, 0.6) is 0 Å². The Morgan fingerprint density at radius 2 is 1.93 bits per heavy atom. The zero-order valence-corrected chi connectivity index (χ0v) is 16.3. The molecule has 1 aromatic carbocycles. The molecule has 144 valence electrons. The lowest BCUT2D eigenvalue weighted by Gasteiger charge is -2.12. The Morgan fingerprint density at radius 3 is 2.61 bits per heavy atom. The molecule has 0 bridgehead atoms. The smallest absolute Gasteiger partial charge is 0.360 e.